The number of ether oxygens (including phenoxy) is 1. The van der Waals surface area contributed by atoms with Gasteiger partial charge in [0.2, 0.25) is 0 Å². The Morgan fingerprint density at radius 2 is 2.04 bits per heavy atom. The second-order valence-electron chi connectivity index (χ2n) is 6.93. The van der Waals surface area contributed by atoms with Gasteiger partial charge in [0, 0.05) is 11.4 Å². The maximum atomic E-state index is 12.9. The first-order chi connectivity index (χ1) is 13.5. The van der Waals surface area contributed by atoms with Crippen LogP contribution in [-0.2, 0) is 13.2 Å². The van der Waals surface area contributed by atoms with Crippen molar-refractivity contribution >= 4 is 28.6 Å². The number of thiazole rings is 1. The van der Waals surface area contributed by atoms with Crippen LogP contribution in [0.5, 0.6) is 5.75 Å². The average molecular weight is 415 g/mol. The van der Waals surface area contributed by atoms with Crippen LogP contribution in [-0.4, -0.2) is 21.8 Å². The Bertz CT molecular complexity index is 919. The minimum atomic E-state index is 0.0743. The first-order valence-electron chi connectivity index (χ1n) is 9.45. The molecule has 1 aromatic carbocycles. The fraction of sp³-hybridized carbons (Fsp3) is 0.364. The molecular formula is C22H26N2O2S2. The van der Waals surface area contributed by atoms with Crippen LogP contribution >= 0.6 is 22.7 Å². The summed E-state index contributed by atoms with van der Waals surface area (Å²) in [5.74, 6) is 0.930. The van der Waals surface area contributed by atoms with Crippen LogP contribution in [0.4, 0.5) is 0 Å². The van der Waals surface area contributed by atoms with E-state index in [1.807, 2.05) is 39.9 Å². The van der Waals surface area contributed by atoms with E-state index in [1.165, 1.54) is 22.5 Å². The summed E-state index contributed by atoms with van der Waals surface area (Å²) >= 11 is 3.06. The van der Waals surface area contributed by atoms with Crippen LogP contribution in [0.15, 0.2) is 41.1 Å². The van der Waals surface area contributed by atoms with E-state index in [-0.39, 0.29) is 11.9 Å². The van der Waals surface area contributed by atoms with Crippen LogP contribution in [0.3, 0.4) is 0 Å². The van der Waals surface area contributed by atoms with Crippen molar-refractivity contribution < 1.29 is 9.53 Å². The topological polar surface area (TPSA) is 42.4 Å². The fourth-order valence-electron chi connectivity index (χ4n) is 2.80. The quantitative estimate of drug-likeness (QED) is 0.465. The van der Waals surface area contributed by atoms with Crippen molar-refractivity contribution in [1.82, 2.24) is 9.88 Å². The molecule has 0 bridgehead atoms. The van der Waals surface area contributed by atoms with Gasteiger partial charge in [-0.2, -0.15) is 0 Å². The zero-order chi connectivity index (χ0) is 20.1. The number of nitrogens with zero attached hydrogens (tertiary/aromatic N) is 2. The number of hydrogen-bond acceptors (Lipinski definition) is 5. The molecule has 3 aromatic rings. The van der Waals surface area contributed by atoms with Crippen LogP contribution in [0.25, 0.3) is 0 Å². The Hall–Kier alpha value is -2.18. The van der Waals surface area contributed by atoms with Gasteiger partial charge >= 0.3 is 0 Å². The largest absolute Gasteiger partial charge is 0.486 e. The van der Waals surface area contributed by atoms with Gasteiger partial charge in [-0.1, -0.05) is 19.1 Å². The molecule has 148 valence electrons. The van der Waals surface area contributed by atoms with Crippen LogP contribution in [0, 0.1) is 13.8 Å². The third-order valence-electron chi connectivity index (χ3n) is 4.89. The molecule has 0 aliphatic carbocycles. The molecule has 2 heterocycles. The van der Waals surface area contributed by atoms with Gasteiger partial charge in [-0.25, -0.2) is 4.98 Å². The number of carbonyl (C=O) groups excluding carboxylic acids is 1. The van der Waals surface area contributed by atoms with Crippen molar-refractivity contribution in [2.24, 2.45) is 0 Å². The lowest BCUT2D eigenvalue weighted by molar-refractivity contribution is 0.0674. The molecule has 6 heteroatoms. The third-order valence-corrected chi connectivity index (χ3v) is 6.62. The summed E-state index contributed by atoms with van der Waals surface area (Å²) in [4.78, 5) is 20.2. The standard InChI is InChI=1S/C22H26N2O2S2/c1-5-17(4)24(22(25)20-7-6-10-27-20)12-18-14-28-21(23-18)13-26-19-9-8-15(2)16(3)11-19/h6-11,14,17H,5,12-13H2,1-4H3. The molecule has 0 fully saturated rings. The molecule has 1 amide bonds. The molecular weight excluding hydrogens is 388 g/mol. The van der Waals surface area contributed by atoms with Gasteiger partial charge < -0.3 is 9.64 Å². The lowest BCUT2D eigenvalue weighted by Crippen LogP contribution is -2.37. The first-order valence-corrected chi connectivity index (χ1v) is 11.2. The normalized spacial score (nSPS) is 12.0. The third kappa shape index (κ3) is 5.00. The molecule has 0 radical (unpaired) electrons. The molecule has 0 aliphatic rings. The SMILES string of the molecule is CCC(C)N(Cc1csc(COc2ccc(C)c(C)c2)n1)C(=O)c1cccs1. The summed E-state index contributed by atoms with van der Waals surface area (Å²) in [6.07, 6.45) is 0.907. The minimum Gasteiger partial charge on any atom is -0.486 e. The number of benzene rings is 1. The van der Waals surface area contributed by atoms with Crippen LogP contribution in [0.1, 0.15) is 51.8 Å². The number of carbonyl (C=O) groups is 1. The molecule has 0 saturated carbocycles. The predicted octanol–water partition coefficient (Wildman–Crippen LogP) is 5.84. The summed E-state index contributed by atoms with van der Waals surface area (Å²) in [6, 6.07) is 10.1. The van der Waals surface area contributed by atoms with Crippen molar-refractivity contribution in [3.63, 3.8) is 0 Å². The number of amides is 1. The van der Waals surface area contributed by atoms with E-state index in [4.69, 9.17) is 4.74 Å². The lowest BCUT2D eigenvalue weighted by Gasteiger charge is -2.27. The average Bonchev–Trinajstić information content (AvgIpc) is 3.38. The Morgan fingerprint density at radius 3 is 2.71 bits per heavy atom. The van der Waals surface area contributed by atoms with Crippen molar-refractivity contribution in [3.05, 3.63) is 67.8 Å². The highest BCUT2D eigenvalue weighted by molar-refractivity contribution is 7.12. The van der Waals surface area contributed by atoms with Gasteiger partial charge in [0.05, 0.1) is 17.1 Å². The van der Waals surface area contributed by atoms with E-state index in [1.54, 1.807) is 11.3 Å². The van der Waals surface area contributed by atoms with Gasteiger partial charge in [0.25, 0.3) is 5.91 Å². The highest BCUT2D eigenvalue weighted by atomic mass is 32.1. The molecule has 1 unspecified atom stereocenters. The van der Waals surface area contributed by atoms with E-state index in [9.17, 15) is 4.79 Å². The predicted molar refractivity (Wildman–Crippen MR) is 116 cm³/mol. The smallest absolute Gasteiger partial charge is 0.264 e. The van der Waals surface area contributed by atoms with Crippen molar-refractivity contribution in [2.75, 3.05) is 0 Å². The van der Waals surface area contributed by atoms with Crippen molar-refractivity contribution in [1.29, 1.82) is 0 Å². The Labute approximate surface area is 174 Å². The van der Waals surface area contributed by atoms with E-state index in [0.717, 1.165) is 27.7 Å². The molecule has 0 N–H and O–H groups in total. The maximum Gasteiger partial charge on any atom is 0.264 e. The zero-order valence-electron chi connectivity index (χ0n) is 16.8. The zero-order valence-corrected chi connectivity index (χ0v) is 18.4. The van der Waals surface area contributed by atoms with E-state index in [2.05, 4.69) is 38.7 Å². The number of aryl methyl sites for hydroxylation is 2. The summed E-state index contributed by atoms with van der Waals surface area (Å²) in [5, 5.41) is 4.88. The van der Waals surface area contributed by atoms with Crippen molar-refractivity contribution in [3.8, 4) is 5.75 Å². The van der Waals surface area contributed by atoms with Crippen molar-refractivity contribution in [2.45, 2.75) is 53.3 Å². The number of thiophene rings is 1. The molecule has 3 rings (SSSR count). The van der Waals surface area contributed by atoms with Gasteiger partial charge in [0.15, 0.2) is 0 Å². The van der Waals surface area contributed by atoms with E-state index < -0.39 is 0 Å². The Morgan fingerprint density at radius 1 is 1.21 bits per heavy atom. The summed E-state index contributed by atoms with van der Waals surface area (Å²) in [6.45, 7) is 9.32. The molecule has 1 atom stereocenters. The number of aromatic nitrogens is 1. The van der Waals surface area contributed by atoms with E-state index >= 15 is 0 Å². The van der Waals surface area contributed by atoms with Crippen LogP contribution in [0.2, 0.25) is 0 Å². The van der Waals surface area contributed by atoms with Crippen LogP contribution < -0.4 is 4.74 Å². The number of hydrogen-bond donors (Lipinski definition) is 0. The summed E-state index contributed by atoms with van der Waals surface area (Å²) in [5.41, 5.74) is 3.38. The van der Waals surface area contributed by atoms with Gasteiger partial charge in [-0.15, -0.1) is 22.7 Å². The highest BCUT2D eigenvalue weighted by Gasteiger charge is 2.22. The summed E-state index contributed by atoms with van der Waals surface area (Å²) in [7, 11) is 0. The second-order valence-corrected chi connectivity index (χ2v) is 8.83. The van der Waals surface area contributed by atoms with Gasteiger partial charge in [0.1, 0.15) is 17.4 Å². The monoisotopic (exact) mass is 414 g/mol. The number of rotatable bonds is 8. The lowest BCUT2D eigenvalue weighted by atomic mass is 10.1. The molecule has 4 nitrogen and oxygen atoms in total. The molecule has 28 heavy (non-hydrogen) atoms. The Balaban J connectivity index is 1.65. The van der Waals surface area contributed by atoms with Gasteiger partial charge in [-0.05, 0) is 61.9 Å². The van der Waals surface area contributed by atoms with Gasteiger partial charge in [-0.3, -0.25) is 4.79 Å². The molecule has 0 spiro atoms. The minimum absolute atomic E-state index is 0.0743. The van der Waals surface area contributed by atoms with E-state index in [0.29, 0.717) is 13.2 Å². The fourth-order valence-corrected chi connectivity index (χ4v) is 4.18. The molecule has 0 saturated heterocycles. The Kier molecular flexibility index (Phi) is 6.86. The maximum absolute atomic E-state index is 12.9. The molecule has 0 aliphatic heterocycles. The molecule has 2 aromatic heterocycles. The highest BCUT2D eigenvalue weighted by Crippen LogP contribution is 2.21. The summed E-state index contributed by atoms with van der Waals surface area (Å²) < 4.78 is 5.89. The first kappa shape index (κ1) is 20.6. The second kappa shape index (κ2) is 9.34.